The van der Waals surface area contributed by atoms with Crippen molar-refractivity contribution in [1.82, 2.24) is 9.99 Å². The Kier molecular flexibility index (Phi) is 5.95. The molecule has 2 heterocycles. The molecular formula is C29H27N3O2. The lowest BCUT2D eigenvalue weighted by molar-refractivity contribution is -0.137. The fraction of sp³-hybridized carbons (Fsp3) is 0.207. The second-order valence-electron chi connectivity index (χ2n) is 8.68. The molecule has 0 aliphatic carbocycles. The number of hydrazone groups is 1. The van der Waals surface area contributed by atoms with E-state index in [0.717, 1.165) is 44.6 Å². The highest BCUT2D eigenvalue weighted by Crippen LogP contribution is 2.39. The second kappa shape index (κ2) is 9.20. The Labute approximate surface area is 199 Å². The molecule has 1 aliphatic heterocycles. The van der Waals surface area contributed by atoms with Gasteiger partial charge in [0, 0.05) is 35.7 Å². The third-order valence-electron chi connectivity index (χ3n) is 6.32. The molecule has 5 heteroatoms. The molecule has 1 unspecified atom stereocenters. The Balaban J connectivity index is 1.70. The standard InChI is InChI=1S/C29H27N3O2/c1-19-13-15-21(16-14-19)26-17-25(31-32(26)27(33)18-34-3)28-20(2)30-24-12-8-7-11-23(24)29(28)22-9-5-4-6-10-22/h4-16,26H,17-18H2,1-3H3. The van der Waals surface area contributed by atoms with Crippen LogP contribution in [0.5, 0.6) is 0 Å². The van der Waals surface area contributed by atoms with Gasteiger partial charge in [-0.1, -0.05) is 78.4 Å². The van der Waals surface area contributed by atoms with Crippen LogP contribution in [0.3, 0.4) is 0 Å². The van der Waals surface area contributed by atoms with E-state index in [2.05, 4.69) is 49.4 Å². The highest BCUT2D eigenvalue weighted by atomic mass is 16.5. The molecule has 0 N–H and O–H groups in total. The zero-order valence-corrected chi connectivity index (χ0v) is 19.7. The van der Waals surface area contributed by atoms with E-state index in [1.807, 2.05) is 43.3 Å². The van der Waals surface area contributed by atoms with Gasteiger partial charge in [-0.3, -0.25) is 9.78 Å². The molecule has 0 bridgehead atoms. The summed E-state index contributed by atoms with van der Waals surface area (Å²) < 4.78 is 5.16. The SMILES string of the molecule is COCC(=O)N1N=C(c2c(C)nc3ccccc3c2-c2ccccc2)CC1c1ccc(C)cc1. The van der Waals surface area contributed by atoms with Crippen LogP contribution in [0.15, 0.2) is 84.0 Å². The first-order chi connectivity index (χ1) is 16.6. The van der Waals surface area contributed by atoms with Gasteiger partial charge in [-0.25, -0.2) is 5.01 Å². The number of hydrogen-bond donors (Lipinski definition) is 0. The Morgan fingerprint density at radius 2 is 1.65 bits per heavy atom. The molecule has 0 radical (unpaired) electrons. The Bertz CT molecular complexity index is 1380. The summed E-state index contributed by atoms with van der Waals surface area (Å²) in [4.78, 5) is 17.9. The number of benzene rings is 3. The number of pyridine rings is 1. The molecule has 0 spiro atoms. The number of aromatic nitrogens is 1. The Morgan fingerprint density at radius 1 is 0.941 bits per heavy atom. The minimum absolute atomic E-state index is 0.0142. The van der Waals surface area contributed by atoms with Crippen molar-refractivity contribution in [2.24, 2.45) is 5.10 Å². The summed E-state index contributed by atoms with van der Waals surface area (Å²) in [5, 5.41) is 7.56. The number of para-hydroxylation sites is 1. The van der Waals surface area contributed by atoms with Gasteiger partial charge in [0.2, 0.25) is 0 Å². The maximum atomic E-state index is 13.0. The number of carbonyl (C=O) groups is 1. The molecule has 0 saturated carbocycles. The molecule has 4 aromatic rings. The minimum Gasteiger partial charge on any atom is -0.375 e. The number of fused-ring (bicyclic) bond motifs is 1. The smallest absolute Gasteiger partial charge is 0.269 e. The van der Waals surface area contributed by atoms with Gasteiger partial charge in [0.05, 0.1) is 17.3 Å². The zero-order valence-electron chi connectivity index (χ0n) is 19.7. The molecule has 1 aliphatic rings. The van der Waals surface area contributed by atoms with Gasteiger partial charge >= 0.3 is 0 Å². The summed E-state index contributed by atoms with van der Waals surface area (Å²) in [5.41, 5.74) is 8.16. The highest BCUT2D eigenvalue weighted by Gasteiger charge is 2.35. The third-order valence-corrected chi connectivity index (χ3v) is 6.32. The number of rotatable bonds is 5. The Morgan fingerprint density at radius 3 is 2.38 bits per heavy atom. The van der Waals surface area contributed by atoms with Gasteiger partial charge in [-0.05, 0) is 31.0 Å². The number of carbonyl (C=O) groups excluding carboxylic acids is 1. The molecule has 0 saturated heterocycles. The summed E-state index contributed by atoms with van der Waals surface area (Å²) in [6, 6.07) is 26.7. The van der Waals surface area contributed by atoms with E-state index in [1.165, 1.54) is 12.7 Å². The van der Waals surface area contributed by atoms with Crippen LogP contribution in [0, 0.1) is 13.8 Å². The topological polar surface area (TPSA) is 54.8 Å². The van der Waals surface area contributed by atoms with Crippen LogP contribution >= 0.6 is 0 Å². The fourth-order valence-corrected chi connectivity index (χ4v) is 4.72. The molecule has 170 valence electrons. The molecule has 34 heavy (non-hydrogen) atoms. The number of methoxy groups -OCH3 is 1. The molecule has 1 atom stereocenters. The lowest BCUT2D eigenvalue weighted by Gasteiger charge is -2.21. The number of nitrogens with zero attached hydrogens (tertiary/aromatic N) is 3. The zero-order chi connectivity index (χ0) is 23.7. The van der Waals surface area contributed by atoms with E-state index in [1.54, 1.807) is 5.01 Å². The van der Waals surface area contributed by atoms with Gasteiger partial charge in [0.25, 0.3) is 5.91 Å². The summed E-state index contributed by atoms with van der Waals surface area (Å²) >= 11 is 0. The first kappa shape index (κ1) is 22.0. The van der Waals surface area contributed by atoms with Crippen LogP contribution in [0.2, 0.25) is 0 Å². The second-order valence-corrected chi connectivity index (χ2v) is 8.68. The van der Waals surface area contributed by atoms with E-state index in [9.17, 15) is 4.79 Å². The van der Waals surface area contributed by atoms with Crippen molar-refractivity contribution in [3.05, 3.63) is 101 Å². The van der Waals surface area contributed by atoms with Crippen LogP contribution in [0.4, 0.5) is 0 Å². The number of hydrogen-bond acceptors (Lipinski definition) is 4. The molecular weight excluding hydrogens is 422 g/mol. The summed E-state index contributed by atoms with van der Waals surface area (Å²) in [6.07, 6.45) is 0.610. The van der Waals surface area contributed by atoms with Gasteiger partial charge in [-0.15, -0.1) is 0 Å². The number of amides is 1. The normalized spacial score (nSPS) is 15.6. The average molecular weight is 450 g/mol. The first-order valence-electron chi connectivity index (χ1n) is 11.5. The van der Waals surface area contributed by atoms with Gasteiger partial charge in [-0.2, -0.15) is 5.10 Å². The molecule has 5 nitrogen and oxygen atoms in total. The molecule has 3 aromatic carbocycles. The maximum absolute atomic E-state index is 13.0. The van der Waals surface area contributed by atoms with Crippen molar-refractivity contribution in [1.29, 1.82) is 0 Å². The molecule has 1 amide bonds. The van der Waals surface area contributed by atoms with Crippen LogP contribution in [-0.2, 0) is 9.53 Å². The predicted molar refractivity (Wildman–Crippen MR) is 136 cm³/mol. The fourth-order valence-electron chi connectivity index (χ4n) is 4.72. The van der Waals surface area contributed by atoms with E-state index in [0.29, 0.717) is 6.42 Å². The van der Waals surface area contributed by atoms with Crippen LogP contribution in [-0.4, -0.2) is 35.3 Å². The quantitative estimate of drug-likeness (QED) is 0.384. The summed E-state index contributed by atoms with van der Waals surface area (Å²) in [6.45, 7) is 4.07. The highest BCUT2D eigenvalue weighted by molar-refractivity contribution is 6.14. The maximum Gasteiger partial charge on any atom is 0.269 e. The summed E-state index contributed by atoms with van der Waals surface area (Å²) in [5.74, 6) is -0.157. The monoisotopic (exact) mass is 449 g/mol. The number of ether oxygens (including phenoxy) is 1. The van der Waals surface area contributed by atoms with Crippen LogP contribution < -0.4 is 0 Å². The van der Waals surface area contributed by atoms with Gasteiger partial charge < -0.3 is 4.74 Å². The number of aryl methyl sites for hydroxylation is 2. The molecule has 5 rings (SSSR count). The Hall–Kier alpha value is -3.83. The van der Waals surface area contributed by atoms with Gasteiger partial charge in [0.1, 0.15) is 6.61 Å². The van der Waals surface area contributed by atoms with Crippen LogP contribution in [0.1, 0.15) is 34.8 Å². The van der Waals surface area contributed by atoms with E-state index in [4.69, 9.17) is 14.8 Å². The molecule has 0 fully saturated rings. The average Bonchev–Trinajstić information content (AvgIpc) is 3.29. The van der Waals surface area contributed by atoms with Crippen molar-refractivity contribution < 1.29 is 9.53 Å². The third kappa shape index (κ3) is 3.99. The van der Waals surface area contributed by atoms with E-state index >= 15 is 0 Å². The van der Waals surface area contributed by atoms with Crippen molar-refractivity contribution in [2.45, 2.75) is 26.3 Å². The predicted octanol–water partition coefficient (Wildman–Crippen LogP) is 5.84. The molecule has 1 aromatic heterocycles. The lowest BCUT2D eigenvalue weighted by atomic mass is 9.89. The first-order valence-corrected chi connectivity index (χ1v) is 11.5. The minimum atomic E-state index is -0.187. The largest absolute Gasteiger partial charge is 0.375 e. The van der Waals surface area contributed by atoms with E-state index < -0.39 is 0 Å². The van der Waals surface area contributed by atoms with Crippen molar-refractivity contribution in [2.75, 3.05) is 13.7 Å². The van der Waals surface area contributed by atoms with Crippen molar-refractivity contribution in [3.8, 4) is 11.1 Å². The summed E-state index contributed by atoms with van der Waals surface area (Å²) in [7, 11) is 1.53. The lowest BCUT2D eigenvalue weighted by Crippen LogP contribution is -2.30. The van der Waals surface area contributed by atoms with Crippen molar-refractivity contribution >= 4 is 22.5 Å². The van der Waals surface area contributed by atoms with Gasteiger partial charge in [0.15, 0.2) is 0 Å². The van der Waals surface area contributed by atoms with Crippen LogP contribution in [0.25, 0.3) is 22.0 Å². The van der Waals surface area contributed by atoms with Crippen molar-refractivity contribution in [3.63, 3.8) is 0 Å². The van der Waals surface area contributed by atoms with E-state index in [-0.39, 0.29) is 18.6 Å².